The van der Waals surface area contributed by atoms with Crippen LogP contribution in [0.25, 0.3) is 0 Å². The molecule has 18 heavy (non-hydrogen) atoms. The van der Waals surface area contributed by atoms with Crippen LogP contribution in [0.3, 0.4) is 0 Å². The highest BCUT2D eigenvalue weighted by Crippen LogP contribution is 2.16. The van der Waals surface area contributed by atoms with Crippen LogP contribution >= 0.6 is 0 Å². The largest absolute Gasteiger partial charge is 0.294 e. The van der Waals surface area contributed by atoms with Crippen LogP contribution in [0.15, 0.2) is 48.5 Å². The molecule has 0 unspecified atom stereocenters. The standard InChI is InChI=1S/C16H15FO/c1-2-13-9-6-10-14(16(13)17)15(18)11-12-7-4-3-5-8-12/h3-10H,2,11H2,1H3. The fourth-order valence-corrected chi connectivity index (χ4v) is 1.94. The van der Waals surface area contributed by atoms with Gasteiger partial charge in [-0.1, -0.05) is 49.4 Å². The van der Waals surface area contributed by atoms with Gasteiger partial charge in [0.05, 0.1) is 5.56 Å². The summed E-state index contributed by atoms with van der Waals surface area (Å²) in [7, 11) is 0. The summed E-state index contributed by atoms with van der Waals surface area (Å²) in [6.07, 6.45) is 0.837. The number of aryl methyl sites for hydroxylation is 1. The Bertz CT molecular complexity index is 546. The molecule has 0 saturated heterocycles. The zero-order valence-corrected chi connectivity index (χ0v) is 10.3. The summed E-state index contributed by atoms with van der Waals surface area (Å²) in [5, 5.41) is 0. The highest BCUT2D eigenvalue weighted by Gasteiger charge is 2.14. The van der Waals surface area contributed by atoms with E-state index in [1.54, 1.807) is 18.2 Å². The van der Waals surface area contributed by atoms with E-state index in [9.17, 15) is 9.18 Å². The summed E-state index contributed by atoms with van der Waals surface area (Å²) in [6.45, 7) is 1.88. The monoisotopic (exact) mass is 242 g/mol. The van der Waals surface area contributed by atoms with Gasteiger partial charge in [-0.05, 0) is 23.6 Å². The van der Waals surface area contributed by atoms with Crippen molar-refractivity contribution in [3.05, 3.63) is 71.0 Å². The van der Waals surface area contributed by atoms with Crippen molar-refractivity contribution in [1.82, 2.24) is 0 Å². The van der Waals surface area contributed by atoms with E-state index >= 15 is 0 Å². The molecule has 2 heteroatoms. The second-order valence-electron chi connectivity index (χ2n) is 4.22. The first-order valence-corrected chi connectivity index (χ1v) is 6.07. The number of benzene rings is 2. The maximum atomic E-state index is 14.0. The van der Waals surface area contributed by atoms with Crippen LogP contribution in [-0.2, 0) is 12.8 Å². The van der Waals surface area contributed by atoms with E-state index in [1.165, 1.54) is 0 Å². The predicted molar refractivity (Wildman–Crippen MR) is 70.3 cm³/mol. The van der Waals surface area contributed by atoms with E-state index in [1.807, 2.05) is 37.3 Å². The van der Waals surface area contributed by atoms with Crippen LogP contribution in [0, 0.1) is 5.82 Å². The van der Waals surface area contributed by atoms with Crippen LogP contribution in [0.1, 0.15) is 28.4 Å². The summed E-state index contributed by atoms with van der Waals surface area (Å²) in [5.41, 5.74) is 1.69. The van der Waals surface area contributed by atoms with E-state index in [-0.39, 0.29) is 23.6 Å². The first kappa shape index (κ1) is 12.5. The summed E-state index contributed by atoms with van der Waals surface area (Å²) in [6, 6.07) is 14.4. The number of Topliss-reactive ketones (excluding diaryl/α,β-unsaturated/α-hetero) is 1. The van der Waals surface area contributed by atoms with Crippen molar-refractivity contribution < 1.29 is 9.18 Å². The molecule has 1 nitrogen and oxygen atoms in total. The number of hydrogen-bond acceptors (Lipinski definition) is 1. The van der Waals surface area contributed by atoms with Crippen molar-refractivity contribution in [2.45, 2.75) is 19.8 Å². The minimum Gasteiger partial charge on any atom is -0.294 e. The molecule has 0 aliphatic carbocycles. The summed E-state index contributed by atoms with van der Waals surface area (Å²) in [5.74, 6) is -0.546. The minimum absolute atomic E-state index is 0.172. The van der Waals surface area contributed by atoms with Crippen LogP contribution in [0.2, 0.25) is 0 Å². The smallest absolute Gasteiger partial charge is 0.170 e. The van der Waals surface area contributed by atoms with Gasteiger partial charge in [-0.2, -0.15) is 0 Å². The SMILES string of the molecule is CCc1cccc(C(=O)Cc2ccccc2)c1F. The van der Waals surface area contributed by atoms with Gasteiger partial charge < -0.3 is 0 Å². The van der Waals surface area contributed by atoms with Gasteiger partial charge in [0.25, 0.3) is 0 Å². The minimum atomic E-state index is -0.374. The molecular formula is C16H15FO. The first-order chi connectivity index (χ1) is 8.72. The van der Waals surface area contributed by atoms with Crippen LogP contribution < -0.4 is 0 Å². The normalized spacial score (nSPS) is 10.3. The van der Waals surface area contributed by atoms with Gasteiger partial charge in [0.2, 0.25) is 0 Å². The van der Waals surface area contributed by atoms with Crippen molar-refractivity contribution in [1.29, 1.82) is 0 Å². The van der Waals surface area contributed by atoms with Crippen molar-refractivity contribution in [3.8, 4) is 0 Å². The Morgan fingerprint density at radius 1 is 1.06 bits per heavy atom. The fraction of sp³-hybridized carbons (Fsp3) is 0.188. The summed E-state index contributed by atoms with van der Waals surface area (Å²) in [4.78, 5) is 12.1. The van der Waals surface area contributed by atoms with Crippen molar-refractivity contribution in [2.24, 2.45) is 0 Å². The fourth-order valence-electron chi connectivity index (χ4n) is 1.94. The molecule has 0 amide bonds. The lowest BCUT2D eigenvalue weighted by Gasteiger charge is -2.06. The van der Waals surface area contributed by atoms with E-state index in [0.29, 0.717) is 12.0 Å². The number of hydrogen-bond donors (Lipinski definition) is 0. The highest BCUT2D eigenvalue weighted by atomic mass is 19.1. The predicted octanol–water partition coefficient (Wildman–Crippen LogP) is 3.81. The third kappa shape index (κ3) is 2.65. The van der Waals surface area contributed by atoms with E-state index in [0.717, 1.165) is 5.56 Å². The van der Waals surface area contributed by atoms with Crippen LogP contribution in [0.5, 0.6) is 0 Å². The van der Waals surface area contributed by atoms with Gasteiger partial charge >= 0.3 is 0 Å². The van der Waals surface area contributed by atoms with E-state index < -0.39 is 0 Å². The Kier molecular flexibility index (Phi) is 3.88. The number of rotatable bonds is 4. The number of halogens is 1. The maximum Gasteiger partial charge on any atom is 0.170 e. The average Bonchev–Trinajstić information content (AvgIpc) is 2.40. The lowest BCUT2D eigenvalue weighted by Crippen LogP contribution is -2.07. The molecule has 0 aliphatic heterocycles. The second kappa shape index (κ2) is 5.58. The maximum absolute atomic E-state index is 14.0. The molecule has 0 saturated carbocycles. The Morgan fingerprint density at radius 2 is 1.78 bits per heavy atom. The van der Waals surface area contributed by atoms with E-state index in [2.05, 4.69) is 0 Å². The molecule has 0 heterocycles. The molecule has 0 fully saturated rings. The Labute approximate surface area is 106 Å². The number of carbonyl (C=O) groups is 1. The first-order valence-electron chi connectivity index (χ1n) is 6.07. The Morgan fingerprint density at radius 3 is 2.44 bits per heavy atom. The molecule has 2 aromatic rings. The molecule has 2 aromatic carbocycles. The van der Waals surface area contributed by atoms with Crippen LogP contribution in [-0.4, -0.2) is 5.78 Å². The van der Waals surface area contributed by atoms with Crippen molar-refractivity contribution >= 4 is 5.78 Å². The molecule has 0 radical (unpaired) electrons. The van der Waals surface area contributed by atoms with Crippen LogP contribution in [0.4, 0.5) is 4.39 Å². The average molecular weight is 242 g/mol. The summed E-state index contributed by atoms with van der Waals surface area (Å²) >= 11 is 0. The molecule has 0 aliphatic rings. The topological polar surface area (TPSA) is 17.1 Å². The summed E-state index contributed by atoms with van der Waals surface area (Å²) < 4.78 is 14.0. The van der Waals surface area contributed by atoms with Gasteiger partial charge in [-0.25, -0.2) is 4.39 Å². The Hall–Kier alpha value is -1.96. The highest BCUT2D eigenvalue weighted by molar-refractivity contribution is 5.97. The number of carbonyl (C=O) groups excluding carboxylic acids is 1. The lowest BCUT2D eigenvalue weighted by molar-refractivity contribution is 0.0989. The van der Waals surface area contributed by atoms with Gasteiger partial charge in [0, 0.05) is 6.42 Å². The third-order valence-corrected chi connectivity index (χ3v) is 2.97. The zero-order valence-electron chi connectivity index (χ0n) is 10.3. The lowest BCUT2D eigenvalue weighted by atomic mass is 10.00. The third-order valence-electron chi connectivity index (χ3n) is 2.97. The zero-order chi connectivity index (χ0) is 13.0. The molecule has 0 atom stereocenters. The molecule has 0 bridgehead atoms. The van der Waals surface area contributed by atoms with E-state index in [4.69, 9.17) is 0 Å². The second-order valence-corrected chi connectivity index (χ2v) is 4.22. The van der Waals surface area contributed by atoms with Gasteiger partial charge in [-0.3, -0.25) is 4.79 Å². The molecule has 92 valence electrons. The molecule has 0 N–H and O–H groups in total. The molecular weight excluding hydrogens is 227 g/mol. The van der Waals surface area contributed by atoms with Crippen molar-refractivity contribution in [2.75, 3.05) is 0 Å². The van der Waals surface area contributed by atoms with Gasteiger partial charge in [0.1, 0.15) is 5.82 Å². The quantitative estimate of drug-likeness (QED) is 0.745. The number of ketones is 1. The molecule has 0 aromatic heterocycles. The molecule has 2 rings (SSSR count). The van der Waals surface area contributed by atoms with Gasteiger partial charge in [-0.15, -0.1) is 0 Å². The van der Waals surface area contributed by atoms with Gasteiger partial charge in [0.15, 0.2) is 5.78 Å². The Balaban J connectivity index is 2.24. The molecule has 0 spiro atoms. The van der Waals surface area contributed by atoms with Crippen molar-refractivity contribution in [3.63, 3.8) is 0 Å².